The fourth-order valence-corrected chi connectivity index (χ4v) is 2.17. The van der Waals surface area contributed by atoms with Crippen LogP contribution in [0.1, 0.15) is 0 Å². The second-order valence-corrected chi connectivity index (χ2v) is 4.34. The standard InChI is InChI=1S/C5H2BrN3OS/c6-3-1-2-4(11-3)5(10)8-9-7-2/h1H,(H,7,8,10). The first-order chi connectivity index (χ1) is 5.27. The minimum Gasteiger partial charge on any atom is -0.266 e. The molecule has 4 nitrogen and oxygen atoms in total. The normalized spacial score (nSPS) is 10.6. The second-order valence-electron chi connectivity index (χ2n) is 1.91. The fraction of sp³-hybridized carbons (Fsp3) is 0. The Morgan fingerprint density at radius 2 is 2.45 bits per heavy atom. The number of H-pyrrole nitrogens is 1. The highest BCUT2D eigenvalue weighted by molar-refractivity contribution is 9.11. The molecular formula is C5H2BrN3OS. The average molecular weight is 232 g/mol. The summed E-state index contributed by atoms with van der Waals surface area (Å²) in [6.45, 7) is 0. The zero-order valence-electron chi connectivity index (χ0n) is 5.17. The zero-order valence-corrected chi connectivity index (χ0v) is 7.57. The number of aromatic amines is 1. The Morgan fingerprint density at radius 3 is 3.18 bits per heavy atom. The topological polar surface area (TPSA) is 58.6 Å². The Labute approximate surface area is 73.4 Å². The number of nitrogens with one attached hydrogen (secondary N) is 1. The van der Waals surface area contributed by atoms with Gasteiger partial charge >= 0.3 is 0 Å². The van der Waals surface area contributed by atoms with Crippen molar-refractivity contribution in [3.8, 4) is 0 Å². The van der Waals surface area contributed by atoms with E-state index in [-0.39, 0.29) is 5.56 Å². The van der Waals surface area contributed by atoms with Crippen LogP contribution in [0.4, 0.5) is 0 Å². The molecule has 6 heteroatoms. The molecule has 0 aliphatic carbocycles. The highest BCUT2D eigenvalue weighted by Gasteiger charge is 2.03. The van der Waals surface area contributed by atoms with Gasteiger partial charge in [-0.15, -0.1) is 16.4 Å². The Morgan fingerprint density at radius 1 is 1.64 bits per heavy atom. The van der Waals surface area contributed by atoms with Crippen molar-refractivity contribution in [2.75, 3.05) is 0 Å². The largest absolute Gasteiger partial charge is 0.285 e. The maximum Gasteiger partial charge on any atom is 0.285 e. The number of aromatic nitrogens is 3. The maximum absolute atomic E-state index is 11.0. The molecule has 1 N–H and O–H groups in total. The number of fused-ring (bicyclic) bond motifs is 1. The number of thiophene rings is 1. The van der Waals surface area contributed by atoms with Crippen LogP contribution in [-0.2, 0) is 0 Å². The van der Waals surface area contributed by atoms with Crippen LogP contribution in [0.3, 0.4) is 0 Å². The van der Waals surface area contributed by atoms with Crippen molar-refractivity contribution in [3.05, 3.63) is 20.2 Å². The lowest BCUT2D eigenvalue weighted by atomic mass is 10.5. The lowest BCUT2D eigenvalue weighted by Gasteiger charge is -1.80. The molecule has 0 aliphatic heterocycles. The van der Waals surface area contributed by atoms with E-state index in [4.69, 9.17) is 0 Å². The quantitative estimate of drug-likeness (QED) is 0.740. The van der Waals surface area contributed by atoms with Gasteiger partial charge in [-0.05, 0) is 22.0 Å². The minimum absolute atomic E-state index is 0.189. The monoisotopic (exact) mass is 231 g/mol. The predicted molar refractivity (Wildman–Crippen MR) is 45.7 cm³/mol. The number of nitrogens with zero attached hydrogens (tertiary/aromatic N) is 2. The van der Waals surface area contributed by atoms with E-state index in [1.54, 1.807) is 6.07 Å². The number of halogens is 1. The first-order valence-corrected chi connectivity index (χ1v) is 4.39. The van der Waals surface area contributed by atoms with E-state index >= 15 is 0 Å². The molecular weight excluding hydrogens is 230 g/mol. The molecule has 2 heterocycles. The number of hydrogen-bond acceptors (Lipinski definition) is 4. The SMILES string of the molecule is O=c1[nH]nnc2cc(Br)sc12. The van der Waals surface area contributed by atoms with E-state index in [2.05, 4.69) is 31.3 Å². The Balaban J connectivity index is 3.02. The first-order valence-electron chi connectivity index (χ1n) is 2.78. The molecule has 0 saturated heterocycles. The summed E-state index contributed by atoms with van der Waals surface area (Å²) in [5.74, 6) is 0. The molecule has 0 bridgehead atoms. The van der Waals surface area contributed by atoms with Crippen molar-refractivity contribution in [2.45, 2.75) is 0 Å². The number of rotatable bonds is 0. The van der Waals surface area contributed by atoms with Gasteiger partial charge in [0.2, 0.25) is 0 Å². The van der Waals surface area contributed by atoms with E-state index in [1.807, 2.05) is 0 Å². The molecule has 0 aromatic carbocycles. The van der Waals surface area contributed by atoms with Gasteiger partial charge in [0, 0.05) is 0 Å². The molecule has 2 aromatic rings. The van der Waals surface area contributed by atoms with Crippen LogP contribution in [-0.4, -0.2) is 15.4 Å². The van der Waals surface area contributed by atoms with Crippen molar-refractivity contribution >= 4 is 37.5 Å². The molecule has 11 heavy (non-hydrogen) atoms. The van der Waals surface area contributed by atoms with Gasteiger partial charge in [-0.1, -0.05) is 5.21 Å². The van der Waals surface area contributed by atoms with Gasteiger partial charge in [0.15, 0.2) is 0 Å². The van der Waals surface area contributed by atoms with E-state index in [0.29, 0.717) is 10.2 Å². The summed E-state index contributed by atoms with van der Waals surface area (Å²) in [6.07, 6.45) is 0. The van der Waals surface area contributed by atoms with E-state index in [9.17, 15) is 4.79 Å². The van der Waals surface area contributed by atoms with Crippen LogP contribution < -0.4 is 5.56 Å². The van der Waals surface area contributed by atoms with Crippen LogP contribution in [0.25, 0.3) is 10.2 Å². The van der Waals surface area contributed by atoms with Crippen LogP contribution in [0.15, 0.2) is 14.6 Å². The van der Waals surface area contributed by atoms with Crippen molar-refractivity contribution in [2.24, 2.45) is 0 Å². The Hall–Kier alpha value is -0.750. The van der Waals surface area contributed by atoms with Crippen LogP contribution in [0.5, 0.6) is 0 Å². The third kappa shape index (κ3) is 1.08. The van der Waals surface area contributed by atoms with Gasteiger partial charge in [0.25, 0.3) is 5.56 Å². The van der Waals surface area contributed by atoms with Crippen LogP contribution >= 0.6 is 27.3 Å². The van der Waals surface area contributed by atoms with Gasteiger partial charge in [0.1, 0.15) is 10.2 Å². The lowest BCUT2D eigenvalue weighted by molar-refractivity contribution is 0.875. The van der Waals surface area contributed by atoms with E-state index in [0.717, 1.165) is 3.79 Å². The fourth-order valence-electron chi connectivity index (χ4n) is 0.764. The molecule has 0 spiro atoms. The molecule has 2 aromatic heterocycles. The third-order valence-electron chi connectivity index (χ3n) is 1.20. The summed E-state index contributed by atoms with van der Waals surface area (Å²) in [4.78, 5) is 11.0. The minimum atomic E-state index is -0.189. The summed E-state index contributed by atoms with van der Waals surface area (Å²) < 4.78 is 1.49. The smallest absolute Gasteiger partial charge is 0.266 e. The van der Waals surface area contributed by atoms with Gasteiger partial charge in [-0.2, -0.15) is 0 Å². The molecule has 0 unspecified atom stereocenters. The molecule has 0 fully saturated rings. The van der Waals surface area contributed by atoms with Crippen molar-refractivity contribution < 1.29 is 0 Å². The summed E-state index contributed by atoms with van der Waals surface area (Å²) in [7, 11) is 0. The summed E-state index contributed by atoms with van der Waals surface area (Å²) >= 11 is 4.61. The van der Waals surface area contributed by atoms with Crippen LogP contribution in [0.2, 0.25) is 0 Å². The summed E-state index contributed by atoms with van der Waals surface area (Å²) in [5.41, 5.74) is 0.441. The molecule has 0 aliphatic rings. The summed E-state index contributed by atoms with van der Waals surface area (Å²) in [6, 6.07) is 1.77. The summed E-state index contributed by atoms with van der Waals surface area (Å²) in [5, 5.41) is 9.42. The van der Waals surface area contributed by atoms with Gasteiger partial charge in [-0.25, -0.2) is 5.10 Å². The van der Waals surface area contributed by atoms with E-state index < -0.39 is 0 Å². The van der Waals surface area contributed by atoms with Crippen molar-refractivity contribution in [3.63, 3.8) is 0 Å². The van der Waals surface area contributed by atoms with Crippen molar-refractivity contribution in [1.82, 2.24) is 15.4 Å². The maximum atomic E-state index is 11.0. The third-order valence-corrected chi connectivity index (χ3v) is 2.82. The van der Waals surface area contributed by atoms with Gasteiger partial charge in [-0.3, -0.25) is 4.79 Å². The molecule has 0 amide bonds. The van der Waals surface area contributed by atoms with E-state index in [1.165, 1.54) is 11.3 Å². The Bertz CT molecular complexity index is 448. The molecule has 56 valence electrons. The van der Waals surface area contributed by atoms with Crippen LogP contribution in [0, 0.1) is 0 Å². The number of hydrogen-bond donors (Lipinski definition) is 1. The van der Waals surface area contributed by atoms with Gasteiger partial charge in [0.05, 0.1) is 3.79 Å². The molecule has 0 radical (unpaired) electrons. The Kier molecular flexibility index (Phi) is 1.50. The zero-order chi connectivity index (χ0) is 7.84. The molecule has 0 atom stereocenters. The molecule has 2 rings (SSSR count). The average Bonchev–Trinajstić information content (AvgIpc) is 2.31. The highest BCUT2D eigenvalue weighted by Crippen LogP contribution is 2.24. The molecule has 0 saturated carbocycles. The van der Waals surface area contributed by atoms with Crippen molar-refractivity contribution in [1.29, 1.82) is 0 Å². The second kappa shape index (κ2) is 2.38. The first kappa shape index (κ1) is 6.93. The highest BCUT2D eigenvalue weighted by atomic mass is 79.9. The predicted octanol–water partition coefficient (Wildman–Crippen LogP) is 1.14. The van der Waals surface area contributed by atoms with Gasteiger partial charge < -0.3 is 0 Å². The lowest BCUT2D eigenvalue weighted by Crippen LogP contribution is -2.07.